The number of hydrogen-bond acceptors (Lipinski definition) is 7. The van der Waals surface area contributed by atoms with Crippen LogP contribution in [-0.4, -0.2) is 59.2 Å². The number of carbonyl (C=O) groups is 3. The van der Waals surface area contributed by atoms with Crippen LogP contribution in [-0.2, 0) is 25.5 Å². The second-order valence-corrected chi connectivity index (χ2v) is 13.6. The molecule has 1 saturated heterocycles. The van der Waals surface area contributed by atoms with Crippen LogP contribution in [0.4, 0.5) is 5.69 Å². The quantitative estimate of drug-likeness (QED) is 0.498. The Kier molecular flexibility index (Phi) is 7.26. The van der Waals surface area contributed by atoms with Crippen LogP contribution in [0.3, 0.4) is 0 Å². The first-order valence-electron chi connectivity index (χ1n) is 15.4. The highest BCUT2D eigenvalue weighted by Crippen LogP contribution is 2.67. The van der Waals surface area contributed by atoms with E-state index in [2.05, 4.69) is 11.8 Å². The Hall–Kier alpha value is -2.77. The average Bonchev–Trinajstić information content (AvgIpc) is 3.23. The molecule has 6 unspecified atom stereocenters. The number of Topliss-reactive ketones (excluding diaryl/α,β-unsaturated/α-hetero) is 1. The molecule has 1 heterocycles. The third-order valence-corrected chi connectivity index (χ3v) is 11.5. The van der Waals surface area contributed by atoms with E-state index in [9.17, 15) is 24.6 Å². The Morgan fingerprint density at radius 3 is 2.54 bits per heavy atom. The molecule has 2 N–H and O–H groups in total. The summed E-state index contributed by atoms with van der Waals surface area (Å²) in [5.41, 5.74) is 0.194. The van der Waals surface area contributed by atoms with E-state index in [1.54, 1.807) is 12.2 Å². The lowest BCUT2D eigenvalue weighted by Gasteiger charge is -2.59. The number of rotatable bonds is 6. The largest absolute Gasteiger partial charge is 0.457 e. The lowest BCUT2D eigenvalue weighted by molar-refractivity contribution is -0.181. The highest BCUT2D eigenvalue weighted by atomic mass is 16.5. The molecule has 4 fully saturated rings. The number of ether oxygens (including phenoxy) is 1. The van der Waals surface area contributed by atoms with Gasteiger partial charge in [-0.05, 0) is 93.1 Å². The molecule has 1 aliphatic heterocycles. The molecule has 3 saturated carbocycles. The van der Waals surface area contributed by atoms with Crippen LogP contribution in [0.25, 0.3) is 0 Å². The second-order valence-electron chi connectivity index (χ2n) is 13.6. The number of fused-ring (bicyclic) bond motifs is 5. The van der Waals surface area contributed by atoms with Gasteiger partial charge in [-0.15, -0.1) is 0 Å². The van der Waals surface area contributed by atoms with Gasteiger partial charge in [-0.25, -0.2) is 0 Å². The number of aliphatic hydroxyl groups is 2. The SMILES string of the molecule is CC12C=CC(=O)C=C1CCC1C2C(O)CC2(C)C1CC[C@]2(O)C(=O)COC(=O)Cc1ccc(N2CCCCC2)cc1. The normalized spacial score (nSPS) is 38.0. The number of allylic oxidation sites excluding steroid dienone is 4. The van der Waals surface area contributed by atoms with Crippen molar-refractivity contribution in [3.8, 4) is 0 Å². The van der Waals surface area contributed by atoms with Gasteiger partial charge in [-0.2, -0.15) is 0 Å². The van der Waals surface area contributed by atoms with Crippen LogP contribution >= 0.6 is 0 Å². The lowest BCUT2D eigenvalue weighted by Crippen LogP contribution is -2.61. The summed E-state index contributed by atoms with van der Waals surface area (Å²) in [5, 5.41) is 23.4. The number of ketones is 2. The second kappa shape index (κ2) is 10.5. The predicted octanol–water partition coefficient (Wildman–Crippen LogP) is 4.34. The Morgan fingerprint density at radius 1 is 1.07 bits per heavy atom. The minimum atomic E-state index is -1.66. The Balaban J connectivity index is 1.10. The first kappa shape index (κ1) is 28.4. The van der Waals surface area contributed by atoms with E-state index in [-0.39, 0.29) is 30.0 Å². The van der Waals surface area contributed by atoms with Gasteiger partial charge in [0.15, 0.2) is 12.4 Å². The highest BCUT2D eigenvalue weighted by Gasteiger charge is 2.68. The molecule has 7 atom stereocenters. The van der Waals surface area contributed by atoms with E-state index < -0.39 is 40.9 Å². The number of carbonyl (C=O) groups excluding carboxylic acids is 3. The third kappa shape index (κ3) is 4.69. The Labute approximate surface area is 242 Å². The zero-order valence-electron chi connectivity index (χ0n) is 24.3. The Morgan fingerprint density at radius 2 is 1.80 bits per heavy atom. The number of nitrogens with zero attached hydrogens (tertiary/aromatic N) is 1. The van der Waals surface area contributed by atoms with E-state index in [0.717, 1.165) is 42.8 Å². The molecule has 220 valence electrons. The molecule has 0 aromatic heterocycles. The van der Waals surface area contributed by atoms with Crippen LogP contribution in [0.1, 0.15) is 70.8 Å². The van der Waals surface area contributed by atoms with E-state index >= 15 is 0 Å². The molecule has 1 aromatic rings. The van der Waals surface area contributed by atoms with E-state index in [1.807, 2.05) is 37.3 Å². The summed E-state index contributed by atoms with van der Waals surface area (Å²) in [7, 11) is 0. The molecule has 1 aromatic carbocycles. The van der Waals surface area contributed by atoms with E-state index in [4.69, 9.17) is 4.74 Å². The Bertz CT molecular complexity index is 1280. The fourth-order valence-electron chi connectivity index (χ4n) is 9.25. The standard InChI is InChI=1S/C34H43NO6/c1-32-14-12-25(36)19-23(32)8-11-26-27-13-15-34(40,33(27,2)20-28(37)31(26)32)29(38)21-41-30(39)18-22-6-9-24(10-7-22)35-16-4-3-5-17-35/h6-7,9-10,12,14,19,26-28,31,37,40H,3-5,8,11,13,15-18,20-21H2,1-2H3/t26?,27?,28?,31?,32?,33?,34-/m0/s1. The topological polar surface area (TPSA) is 104 Å². The number of hydrogen-bond donors (Lipinski definition) is 2. The van der Waals surface area contributed by atoms with Gasteiger partial charge >= 0.3 is 5.97 Å². The molecule has 5 aliphatic rings. The molecule has 7 nitrogen and oxygen atoms in total. The summed E-state index contributed by atoms with van der Waals surface area (Å²) in [6.07, 6.45) is 11.2. The molecule has 4 aliphatic carbocycles. The maximum absolute atomic E-state index is 13.5. The molecule has 0 bridgehead atoms. The van der Waals surface area contributed by atoms with Gasteiger partial charge in [0.05, 0.1) is 12.5 Å². The molecule has 0 radical (unpaired) electrons. The minimum absolute atomic E-state index is 0.00378. The van der Waals surface area contributed by atoms with Crippen LogP contribution in [0.5, 0.6) is 0 Å². The minimum Gasteiger partial charge on any atom is -0.457 e. The summed E-state index contributed by atoms with van der Waals surface area (Å²) in [6, 6.07) is 7.94. The van der Waals surface area contributed by atoms with Crippen molar-refractivity contribution in [1.29, 1.82) is 0 Å². The van der Waals surface area contributed by atoms with E-state index in [1.165, 1.54) is 19.3 Å². The number of piperidine rings is 1. The van der Waals surface area contributed by atoms with Crippen LogP contribution in [0, 0.1) is 28.6 Å². The van der Waals surface area contributed by atoms with Crippen molar-refractivity contribution in [3.63, 3.8) is 0 Å². The zero-order chi connectivity index (χ0) is 29.0. The zero-order valence-corrected chi connectivity index (χ0v) is 24.3. The first-order valence-corrected chi connectivity index (χ1v) is 15.4. The van der Waals surface area contributed by atoms with Gasteiger partial charge in [0.1, 0.15) is 5.60 Å². The van der Waals surface area contributed by atoms with E-state index in [0.29, 0.717) is 19.3 Å². The fourth-order valence-corrected chi connectivity index (χ4v) is 9.25. The van der Waals surface area contributed by atoms with Gasteiger partial charge in [-0.1, -0.05) is 37.6 Å². The molecular weight excluding hydrogens is 518 g/mol. The van der Waals surface area contributed by atoms with Crippen molar-refractivity contribution < 1.29 is 29.3 Å². The number of anilines is 1. The van der Waals surface area contributed by atoms with Crippen molar-refractivity contribution in [3.05, 3.63) is 53.6 Å². The highest BCUT2D eigenvalue weighted by molar-refractivity contribution is 6.01. The maximum Gasteiger partial charge on any atom is 0.310 e. The summed E-state index contributed by atoms with van der Waals surface area (Å²) in [4.78, 5) is 40.6. The predicted molar refractivity (Wildman–Crippen MR) is 155 cm³/mol. The van der Waals surface area contributed by atoms with Crippen molar-refractivity contribution in [2.24, 2.45) is 28.6 Å². The summed E-state index contributed by atoms with van der Waals surface area (Å²) in [5.74, 6) is -0.858. The van der Waals surface area contributed by atoms with Gasteiger partial charge in [-0.3, -0.25) is 14.4 Å². The van der Waals surface area contributed by atoms with Crippen molar-refractivity contribution in [2.45, 2.75) is 83.3 Å². The molecule has 0 spiro atoms. The summed E-state index contributed by atoms with van der Waals surface area (Å²) < 4.78 is 5.42. The first-order chi connectivity index (χ1) is 19.5. The summed E-state index contributed by atoms with van der Waals surface area (Å²) in [6.45, 7) is 5.68. The molecule has 6 rings (SSSR count). The van der Waals surface area contributed by atoms with Gasteiger partial charge in [0.2, 0.25) is 5.78 Å². The van der Waals surface area contributed by atoms with Crippen molar-refractivity contribution in [2.75, 3.05) is 24.6 Å². The van der Waals surface area contributed by atoms with Crippen LogP contribution in [0.2, 0.25) is 0 Å². The molecule has 0 amide bonds. The van der Waals surface area contributed by atoms with Crippen molar-refractivity contribution >= 4 is 23.2 Å². The average molecular weight is 562 g/mol. The third-order valence-electron chi connectivity index (χ3n) is 11.5. The fraction of sp³-hybridized carbons (Fsp3) is 0.618. The van der Waals surface area contributed by atoms with Gasteiger partial charge in [0, 0.05) is 35.5 Å². The maximum atomic E-state index is 13.5. The molecular formula is C34H43NO6. The number of esters is 1. The molecule has 41 heavy (non-hydrogen) atoms. The van der Waals surface area contributed by atoms with Crippen molar-refractivity contribution in [1.82, 2.24) is 0 Å². The number of benzene rings is 1. The van der Waals surface area contributed by atoms with Gasteiger partial charge < -0.3 is 19.8 Å². The van der Waals surface area contributed by atoms with Gasteiger partial charge in [0.25, 0.3) is 0 Å². The summed E-state index contributed by atoms with van der Waals surface area (Å²) >= 11 is 0. The van der Waals surface area contributed by atoms with Crippen LogP contribution in [0.15, 0.2) is 48.1 Å². The lowest BCUT2D eigenvalue weighted by atomic mass is 9.46. The smallest absolute Gasteiger partial charge is 0.310 e. The molecule has 7 heteroatoms. The van der Waals surface area contributed by atoms with Crippen LogP contribution < -0.4 is 4.90 Å². The number of aliphatic hydroxyl groups excluding tert-OH is 1. The monoisotopic (exact) mass is 561 g/mol.